The Labute approximate surface area is 105 Å². The Bertz CT molecular complexity index is 450. The minimum atomic E-state index is -1.17. The van der Waals surface area contributed by atoms with E-state index in [9.17, 15) is 19.8 Å². The summed E-state index contributed by atoms with van der Waals surface area (Å²) in [7, 11) is 1.28. The van der Waals surface area contributed by atoms with Gasteiger partial charge in [-0.1, -0.05) is 19.9 Å². The first-order valence-electron chi connectivity index (χ1n) is 5.67. The highest BCUT2D eigenvalue weighted by Crippen LogP contribution is 2.31. The molecule has 5 heteroatoms. The zero-order valence-electron chi connectivity index (χ0n) is 10.6. The molecule has 0 amide bonds. The number of carbonyl (C=O) groups is 2. The largest absolute Gasteiger partial charge is 0.495 e. The van der Waals surface area contributed by atoms with Gasteiger partial charge in [0.15, 0.2) is 0 Å². The zero-order chi connectivity index (χ0) is 13.9. The summed E-state index contributed by atoms with van der Waals surface area (Å²) >= 11 is 0. The molecule has 0 bridgehead atoms. The highest BCUT2D eigenvalue weighted by molar-refractivity contribution is 6.01. The number of aryl methyl sites for hydroxylation is 2. The molecule has 0 spiro atoms. The Hall–Kier alpha value is -2.04. The Morgan fingerprint density at radius 2 is 1.44 bits per heavy atom. The highest BCUT2D eigenvalue weighted by Gasteiger charge is 2.25. The van der Waals surface area contributed by atoms with Crippen LogP contribution in [0.25, 0.3) is 0 Å². The van der Waals surface area contributed by atoms with E-state index in [1.807, 2.05) is 13.8 Å². The van der Waals surface area contributed by atoms with Gasteiger partial charge in [-0.2, -0.15) is 0 Å². The van der Waals surface area contributed by atoms with Crippen molar-refractivity contribution in [1.82, 2.24) is 0 Å². The van der Waals surface area contributed by atoms with Crippen LogP contribution >= 0.6 is 0 Å². The Morgan fingerprint density at radius 1 is 1.06 bits per heavy atom. The second kappa shape index (κ2) is 5.53. The van der Waals surface area contributed by atoms with Crippen molar-refractivity contribution in [2.24, 2.45) is 0 Å². The summed E-state index contributed by atoms with van der Waals surface area (Å²) in [5.74, 6) is -2.41. The van der Waals surface area contributed by atoms with Crippen molar-refractivity contribution in [2.45, 2.75) is 26.7 Å². The van der Waals surface area contributed by atoms with E-state index in [2.05, 4.69) is 0 Å². The van der Waals surface area contributed by atoms with E-state index in [0.29, 0.717) is 24.0 Å². The number of carboxylic acid groups (broad SMARTS) is 2. The normalized spacial score (nSPS) is 10.2. The van der Waals surface area contributed by atoms with Gasteiger partial charge in [-0.3, -0.25) is 0 Å². The fraction of sp³-hybridized carbons (Fsp3) is 0.385. The quantitative estimate of drug-likeness (QED) is 0.839. The highest BCUT2D eigenvalue weighted by atomic mass is 16.5. The van der Waals surface area contributed by atoms with E-state index >= 15 is 0 Å². The van der Waals surface area contributed by atoms with Crippen LogP contribution in [0, 0.1) is 0 Å². The number of ether oxygens (including phenoxy) is 1. The van der Waals surface area contributed by atoms with Gasteiger partial charge in [0, 0.05) is 0 Å². The van der Waals surface area contributed by atoms with Crippen LogP contribution in [-0.2, 0) is 12.8 Å². The second-order valence-corrected chi connectivity index (χ2v) is 3.80. The molecule has 5 nitrogen and oxygen atoms in total. The van der Waals surface area contributed by atoms with Crippen molar-refractivity contribution >= 4 is 11.9 Å². The average molecular weight is 252 g/mol. The third kappa shape index (κ3) is 2.30. The molecule has 0 aromatic heterocycles. The molecule has 1 aromatic carbocycles. The summed E-state index contributed by atoms with van der Waals surface area (Å²) in [5.41, 5.74) is 1.05. The van der Waals surface area contributed by atoms with Gasteiger partial charge in [-0.15, -0.1) is 0 Å². The Balaban J connectivity index is 3.75. The molecule has 0 saturated carbocycles. The molecule has 0 unspecified atom stereocenters. The van der Waals surface area contributed by atoms with Crippen molar-refractivity contribution < 1.29 is 24.5 Å². The molecule has 0 radical (unpaired) electrons. The number of aromatic carboxylic acids is 2. The maximum absolute atomic E-state index is 11.3. The Kier molecular flexibility index (Phi) is 4.31. The number of hydrogen-bond donors (Lipinski definition) is 2. The number of rotatable bonds is 5. The fourth-order valence-electron chi connectivity index (χ4n) is 2.00. The van der Waals surface area contributed by atoms with Gasteiger partial charge in [-0.05, 0) is 24.0 Å². The summed E-state index contributed by atoms with van der Waals surface area (Å²) < 4.78 is 5.02. The van der Waals surface area contributed by atoms with E-state index in [0.717, 1.165) is 0 Å². The summed E-state index contributed by atoms with van der Waals surface area (Å²) in [6.07, 6.45) is 1.01. The standard InChI is InChI=1S/C13H16O5/c1-4-7-6-8(5-2)10(13(16)17)11(18-3)9(7)12(14)15/h6H,4-5H2,1-3H3,(H,14,15)(H,16,17). The first-order chi connectivity index (χ1) is 8.47. The molecule has 0 aliphatic rings. The summed E-state index contributed by atoms with van der Waals surface area (Å²) in [5, 5.41) is 18.4. The van der Waals surface area contributed by atoms with Crippen LogP contribution in [0.3, 0.4) is 0 Å². The van der Waals surface area contributed by atoms with Crippen molar-refractivity contribution in [3.05, 3.63) is 28.3 Å². The number of hydrogen-bond acceptors (Lipinski definition) is 3. The van der Waals surface area contributed by atoms with Crippen LogP contribution in [-0.4, -0.2) is 29.3 Å². The maximum Gasteiger partial charge on any atom is 0.339 e. The van der Waals surface area contributed by atoms with Gasteiger partial charge < -0.3 is 14.9 Å². The molecule has 0 aliphatic carbocycles. The minimum absolute atomic E-state index is 0.0606. The van der Waals surface area contributed by atoms with E-state index < -0.39 is 11.9 Å². The van der Waals surface area contributed by atoms with Crippen molar-refractivity contribution in [3.8, 4) is 5.75 Å². The minimum Gasteiger partial charge on any atom is -0.495 e. The molecule has 1 aromatic rings. The van der Waals surface area contributed by atoms with Crippen LogP contribution in [0.2, 0.25) is 0 Å². The number of carboxylic acids is 2. The van der Waals surface area contributed by atoms with Gasteiger partial charge in [-0.25, -0.2) is 9.59 Å². The van der Waals surface area contributed by atoms with Gasteiger partial charge >= 0.3 is 11.9 Å². The molecule has 0 aliphatic heterocycles. The third-order valence-corrected chi connectivity index (χ3v) is 2.84. The van der Waals surface area contributed by atoms with Crippen molar-refractivity contribution in [1.29, 1.82) is 0 Å². The number of methoxy groups -OCH3 is 1. The Morgan fingerprint density at radius 3 is 1.67 bits per heavy atom. The number of benzene rings is 1. The van der Waals surface area contributed by atoms with Gasteiger partial charge in [0.25, 0.3) is 0 Å². The fourth-order valence-corrected chi connectivity index (χ4v) is 2.00. The van der Waals surface area contributed by atoms with E-state index in [1.54, 1.807) is 6.07 Å². The molecular weight excluding hydrogens is 236 g/mol. The second-order valence-electron chi connectivity index (χ2n) is 3.80. The lowest BCUT2D eigenvalue weighted by Crippen LogP contribution is -2.13. The van der Waals surface area contributed by atoms with Gasteiger partial charge in [0.2, 0.25) is 0 Å². The maximum atomic E-state index is 11.3. The molecule has 0 saturated heterocycles. The molecule has 98 valence electrons. The van der Waals surface area contributed by atoms with Gasteiger partial charge in [0.05, 0.1) is 7.11 Å². The SMILES string of the molecule is CCc1cc(CC)c(C(=O)O)c(OC)c1C(=O)O. The van der Waals surface area contributed by atoms with E-state index in [-0.39, 0.29) is 16.9 Å². The van der Waals surface area contributed by atoms with Crippen LogP contribution in [0.5, 0.6) is 5.75 Å². The first-order valence-corrected chi connectivity index (χ1v) is 5.67. The average Bonchev–Trinajstić information content (AvgIpc) is 2.35. The lowest BCUT2D eigenvalue weighted by molar-refractivity contribution is 0.0689. The summed E-state index contributed by atoms with van der Waals surface area (Å²) in [6, 6.07) is 1.63. The topological polar surface area (TPSA) is 83.8 Å². The predicted octanol–water partition coefficient (Wildman–Crippen LogP) is 2.22. The molecular formula is C13H16O5. The van der Waals surface area contributed by atoms with E-state index in [1.165, 1.54) is 7.11 Å². The molecule has 2 N–H and O–H groups in total. The zero-order valence-corrected chi connectivity index (χ0v) is 10.6. The predicted molar refractivity (Wildman–Crippen MR) is 65.7 cm³/mol. The lowest BCUT2D eigenvalue weighted by atomic mass is 9.94. The summed E-state index contributed by atoms with van der Waals surface area (Å²) in [4.78, 5) is 22.5. The van der Waals surface area contributed by atoms with Crippen LogP contribution in [0.15, 0.2) is 6.07 Å². The molecule has 0 atom stereocenters. The van der Waals surface area contributed by atoms with Crippen LogP contribution in [0.1, 0.15) is 45.7 Å². The monoisotopic (exact) mass is 252 g/mol. The van der Waals surface area contributed by atoms with E-state index in [4.69, 9.17) is 4.74 Å². The lowest BCUT2D eigenvalue weighted by Gasteiger charge is -2.16. The van der Waals surface area contributed by atoms with Crippen molar-refractivity contribution in [3.63, 3.8) is 0 Å². The molecule has 0 heterocycles. The summed E-state index contributed by atoms with van der Waals surface area (Å²) in [6.45, 7) is 3.64. The van der Waals surface area contributed by atoms with Crippen LogP contribution < -0.4 is 4.74 Å². The third-order valence-electron chi connectivity index (χ3n) is 2.84. The molecule has 1 rings (SSSR count). The van der Waals surface area contributed by atoms with Crippen LogP contribution in [0.4, 0.5) is 0 Å². The first kappa shape index (κ1) is 14.0. The molecule has 18 heavy (non-hydrogen) atoms. The van der Waals surface area contributed by atoms with Gasteiger partial charge in [0.1, 0.15) is 16.9 Å². The molecule has 0 fully saturated rings. The van der Waals surface area contributed by atoms with Crippen molar-refractivity contribution in [2.75, 3.05) is 7.11 Å². The smallest absolute Gasteiger partial charge is 0.339 e.